The Hall–Kier alpha value is -1.70. The number of hydrogen-bond donors (Lipinski definition) is 0. The zero-order valence-corrected chi connectivity index (χ0v) is 7.35. The van der Waals surface area contributed by atoms with Gasteiger partial charge in [0.25, 0.3) is 6.29 Å². The standard InChI is InChI=1S/C11H12O2/c1-3-12-11(13-4-2)10-8-6-5-7-9-10/h3-9,11H,1-2H2. The highest BCUT2D eigenvalue weighted by Crippen LogP contribution is 2.18. The molecule has 0 bridgehead atoms. The molecule has 0 aliphatic heterocycles. The lowest BCUT2D eigenvalue weighted by molar-refractivity contribution is -0.0635. The highest BCUT2D eigenvalue weighted by Gasteiger charge is 2.08. The highest BCUT2D eigenvalue weighted by molar-refractivity contribution is 5.16. The molecule has 0 atom stereocenters. The molecule has 0 saturated heterocycles. The van der Waals surface area contributed by atoms with Crippen LogP contribution in [0.1, 0.15) is 11.9 Å². The van der Waals surface area contributed by atoms with Crippen LogP contribution in [0, 0.1) is 0 Å². The fourth-order valence-corrected chi connectivity index (χ4v) is 0.974. The molecule has 0 fully saturated rings. The van der Waals surface area contributed by atoms with Gasteiger partial charge in [-0.2, -0.15) is 0 Å². The summed E-state index contributed by atoms with van der Waals surface area (Å²) in [5.74, 6) is 0. The number of rotatable bonds is 5. The van der Waals surface area contributed by atoms with E-state index >= 15 is 0 Å². The zero-order valence-electron chi connectivity index (χ0n) is 7.35. The highest BCUT2D eigenvalue weighted by atomic mass is 16.7. The van der Waals surface area contributed by atoms with E-state index in [0.29, 0.717) is 0 Å². The molecule has 0 amide bonds. The van der Waals surface area contributed by atoms with Crippen molar-refractivity contribution in [2.75, 3.05) is 0 Å². The summed E-state index contributed by atoms with van der Waals surface area (Å²) in [6.07, 6.45) is 2.25. The Bertz CT molecular complexity index is 257. The van der Waals surface area contributed by atoms with E-state index in [1.807, 2.05) is 30.3 Å². The van der Waals surface area contributed by atoms with Crippen LogP contribution < -0.4 is 0 Å². The average molecular weight is 176 g/mol. The Balaban J connectivity index is 2.75. The second kappa shape index (κ2) is 5.04. The first-order chi connectivity index (χ1) is 6.38. The second-order valence-electron chi connectivity index (χ2n) is 2.35. The molecule has 0 aliphatic carbocycles. The van der Waals surface area contributed by atoms with Crippen LogP contribution in [0.3, 0.4) is 0 Å². The minimum absolute atomic E-state index is 0.448. The summed E-state index contributed by atoms with van der Waals surface area (Å²) in [5.41, 5.74) is 0.933. The lowest BCUT2D eigenvalue weighted by atomic mass is 10.2. The molecule has 0 radical (unpaired) electrons. The summed E-state index contributed by atoms with van der Waals surface area (Å²) in [7, 11) is 0. The van der Waals surface area contributed by atoms with E-state index < -0.39 is 6.29 Å². The van der Waals surface area contributed by atoms with Crippen molar-refractivity contribution in [2.45, 2.75) is 6.29 Å². The third-order valence-corrected chi connectivity index (χ3v) is 1.51. The van der Waals surface area contributed by atoms with Crippen LogP contribution in [-0.2, 0) is 9.47 Å². The molecule has 0 aliphatic rings. The van der Waals surface area contributed by atoms with Gasteiger partial charge in [0, 0.05) is 5.56 Å². The first kappa shape index (κ1) is 9.39. The van der Waals surface area contributed by atoms with Crippen molar-refractivity contribution in [3.05, 3.63) is 61.6 Å². The summed E-state index contributed by atoms with van der Waals surface area (Å²) in [4.78, 5) is 0. The van der Waals surface area contributed by atoms with E-state index in [1.54, 1.807) is 0 Å². The minimum Gasteiger partial charge on any atom is -0.459 e. The van der Waals surface area contributed by atoms with E-state index in [1.165, 1.54) is 12.5 Å². The predicted octanol–water partition coefficient (Wildman–Crippen LogP) is 3.01. The van der Waals surface area contributed by atoms with Gasteiger partial charge in [-0.15, -0.1) is 0 Å². The van der Waals surface area contributed by atoms with Crippen molar-refractivity contribution >= 4 is 0 Å². The first-order valence-electron chi connectivity index (χ1n) is 3.96. The Labute approximate surface area is 78.1 Å². The zero-order chi connectivity index (χ0) is 9.52. The number of benzene rings is 1. The van der Waals surface area contributed by atoms with Gasteiger partial charge in [0.1, 0.15) is 0 Å². The Kier molecular flexibility index (Phi) is 3.64. The number of hydrogen-bond acceptors (Lipinski definition) is 2. The molecule has 1 aromatic carbocycles. The van der Waals surface area contributed by atoms with Crippen LogP contribution in [0.25, 0.3) is 0 Å². The summed E-state index contributed by atoms with van der Waals surface area (Å²) >= 11 is 0. The molecule has 0 heterocycles. The third kappa shape index (κ3) is 2.67. The Morgan fingerprint density at radius 1 is 1.00 bits per heavy atom. The summed E-state index contributed by atoms with van der Waals surface area (Å²) < 4.78 is 10.3. The lowest BCUT2D eigenvalue weighted by Crippen LogP contribution is -2.01. The van der Waals surface area contributed by atoms with Gasteiger partial charge in [0.2, 0.25) is 0 Å². The van der Waals surface area contributed by atoms with Crippen LogP contribution >= 0.6 is 0 Å². The van der Waals surface area contributed by atoms with E-state index in [4.69, 9.17) is 9.47 Å². The summed E-state index contributed by atoms with van der Waals surface area (Å²) in [6, 6.07) is 9.60. The maximum Gasteiger partial charge on any atom is 0.265 e. The molecule has 0 aromatic heterocycles. The van der Waals surface area contributed by atoms with E-state index in [-0.39, 0.29) is 0 Å². The van der Waals surface area contributed by atoms with Crippen LogP contribution in [0.4, 0.5) is 0 Å². The normalized spacial score (nSPS) is 9.31. The molecule has 2 nitrogen and oxygen atoms in total. The maximum atomic E-state index is 5.14. The van der Waals surface area contributed by atoms with Gasteiger partial charge < -0.3 is 9.47 Å². The number of ether oxygens (including phenoxy) is 2. The predicted molar refractivity (Wildman–Crippen MR) is 51.7 cm³/mol. The van der Waals surface area contributed by atoms with Crippen LogP contribution in [0.2, 0.25) is 0 Å². The molecule has 0 N–H and O–H groups in total. The second-order valence-corrected chi connectivity index (χ2v) is 2.35. The van der Waals surface area contributed by atoms with Crippen LogP contribution in [-0.4, -0.2) is 0 Å². The molecule has 0 unspecified atom stereocenters. The molecule has 68 valence electrons. The Morgan fingerprint density at radius 3 is 2.00 bits per heavy atom. The smallest absolute Gasteiger partial charge is 0.265 e. The van der Waals surface area contributed by atoms with Crippen molar-refractivity contribution in [1.82, 2.24) is 0 Å². The summed E-state index contributed by atoms with van der Waals surface area (Å²) in [6.45, 7) is 6.94. The van der Waals surface area contributed by atoms with Crippen molar-refractivity contribution in [1.29, 1.82) is 0 Å². The quantitative estimate of drug-likeness (QED) is 0.507. The lowest BCUT2D eigenvalue weighted by Gasteiger charge is -2.15. The molecule has 0 spiro atoms. The van der Waals surface area contributed by atoms with Gasteiger partial charge >= 0.3 is 0 Å². The average Bonchev–Trinajstić information content (AvgIpc) is 2.19. The fraction of sp³-hybridized carbons (Fsp3) is 0.0909. The van der Waals surface area contributed by atoms with Crippen molar-refractivity contribution in [3.8, 4) is 0 Å². The molecule has 13 heavy (non-hydrogen) atoms. The first-order valence-corrected chi connectivity index (χ1v) is 3.96. The van der Waals surface area contributed by atoms with Crippen molar-refractivity contribution in [3.63, 3.8) is 0 Å². The fourth-order valence-electron chi connectivity index (χ4n) is 0.974. The Morgan fingerprint density at radius 2 is 1.54 bits per heavy atom. The van der Waals surface area contributed by atoms with Crippen LogP contribution in [0.5, 0.6) is 0 Å². The molecular weight excluding hydrogens is 164 g/mol. The van der Waals surface area contributed by atoms with Gasteiger partial charge in [-0.3, -0.25) is 0 Å². The molecule has 2 heteroatoms. The topological polar surface area (TPSA) is 18.5 Å². The third-order valence-electron chi connectivity index (χ3n) is 1.51. The van der Waals surface area contributed by atoms with E-state index in [0.717, 1.165) is 5.56 Å². The molecule has 1 aromatic rings. The van der Waals surface area contributed by atoms with E-state index in [9.17, 15) is 0 Å². The van der Waals surface area contributed by atoms with Crippen molar-refractivity contribution in [2.24, 2.45) is 0 Å². The summed E-state index contributed by atoms with van der Waals surface area (Å²) in [5, 5.41) is 0. The maximum absolute atomic E-state index is 5.14. The monoisotopic (exact) mass is 176 g/mol. The molecule has 1 rings (SSSR count). The largest absolute Gasteiger partial charge is 0.459 e. The van der Waals surface area contributed by atoms with Gasteiger partial charge in [-0.05, 0) is 0 Å². The van der Waals surface area contributed by atoms with Crippen LogP contribution in [0.15, 0.2) is 56.0 Å². The van der Waals surface area contributed by atoms with Crippen molar-refractivity contribution < 1.29 is 9.47 Å². The molecule has 0 saturated carbocycles. The molecular formula is C11H12O2. The van der Waals surface area contributed by atoms with Gasteiger partial charge in [0.15, 0.2) is 0 Å². The van der Waals surface area contributed by atoms with Gasteiger partial charge in [0.05, 0.1) is 12.5 Å². The van der Waals surface area contributed by atoms with Gasteiger partial charge in [-0.25, -0.2) is 0 Å². The van der Waals surface area contributed by atoms with E-state index in [2.05, 4.69) is 13.2 Å². The SMILES string of the molecule is C=COC(OC=C)c1ccccc1. The van der Waals surface area contributed by atoms with Gasteiger partial charge in [-0.1, -0.05) is 43.5 Å². The minimum atomic E-state index is -0.448.